The first kappa shape index (κ1) is 19.8. The van der Waals surface area contributed by atoms with Gasteiger partial charge >= 0.3 is 6.09 Å². The number of hydrogen-bond donors (Lipinski definition) is 2. The monoisotopic (exact) mass is 470 g/mol. The van der Waals surface area contributed by atoms with Crippen LogP contribution >= 0.6 is 34.8 Å². The maximum absolute atomic E-state index is 12.9. The minimum absolute atomic E-state index is 0.00701. The second-order valence-electron chi connectivity index (χ2n) is 9.85. The first-order valence-electron chi connectivity index (χ1n) is 10.8. The van der Waals surface area contributed by atoms with Crippen LogP contribution in [-0.2, 0) is 16.6 Å². The third kappa shape index (κ3) is 2.44. The Morgan fingerprint density at radius 2 is 2.17 bits per heavy atom. The first-order valence-corrected chi connectivity index (χ1v) is 11.9. The van der Waals surface area contributed by atoms with Gasteiger partial charge in [-0.15, -0.1) is 0 Å². The third-order valence-corrected chi connectivity index (χ3v) is 9.22. The molecule has 4 fully saturated rings. The highest BCUT2D eigenvalue weighted by Crippen LogP contribution is 2.74. The Labute approximate surface area is 191 Å². The summed E-state index contributed by atoms with van der Waals surface area (Å²) < 4.78 is 3.77. The third-order valence-electron chi connectivity index (χ3n) is 8.89. The zero-order valence-electron chi connectivity index (χ0n) is 16.5. The summed E-state index contributed by atoms with van der Waals surface area (Å²) in [6.07, 6.45) is 4.89. The number of rotatable bonds is 1. The zero-order valence-corrected chi connectivity index (χ0v) is 18.8. The lowest BCUT2D eigenvalue weighted by molar-refractivity contribution is -0.0469. The molecular weight excluding hydrogens is 447 g/mol. The molecule has 1 aromatic rings. The molecule has 5 nitrogen and oxygen atoms in total. The van der Waals surface area contributed by atoms with Crippen LogP contribution in [-0.4, -0.2) is 51.7 Å². The maximum atomic E-state index is 12.9. The zero-order chi connectivity index (χ0) is 20.9. The molecule has 6 rings (SSSR count). The van der Waals surface area contributed by atoms with Gasteiger partial charge in [-0.3, -0.25) is 0 Å². The number of phenolic OH excluding ortho intramolecular Hbond substituents is 1. The minimum atomic E-state index is -1.60. The summed E-state index contributed by atoms with van der Waals surface area (Å²) in [6.45, 7) is 1.44. The van der Waals surface area contributed by atoms with E-state index in [0.717, 1.165) is 38.6 Å². The molecule has 3 aliphatic carbocycles. The number of amides is 1. The number of fused-ring (bicyclic) bond motifs is 1. The van der Waals surface area contributed by atoms with Crippen molar-refractivity contribution in [3.8, 4) is 5.75 Å². The predicted molar refractivity (Wildman–Crippen MR) is 115 cm³/mol. The van der Waals surface area contributed by atoms with E-state index in [9.17, 15) is 9.90 Å². The van der Waals surface area contributed by atoms with Crippen molar-refractivity contribution in [2.24, 2.45) is 17.3 Å². The van der Waals surface area contributed by atoms with Gasteiger partial charge in [0.05, 0.1) is 0 Å². The highest BCUT2D eigenvalue weighted by atomic mass is 35.6. The van der Waals surface area contributed by atoms with Crippen LogP contribution < -0.4 is 5.32 Å². The fraction of sp³-hybridized carbons (Fsp3) is 0.682. The van der Waals surface area contributed by atoms with E-state index in [0.29, 0.717) is 30.2 Å². The topological polar surface area (TPSA) is 61.8 Å². The van der Waals surface area contributed by atoms with Gasteiger partial charge in [-0.25, -0.2) is 4.79 Å². The van der Waals surface area contributed by atoms with Gasteiger partial charge in [0.1, 0.15) is 12.4 Å². The molecule has 8 heteroatoms. The van der Waals surface area contributed by atoms with E-state index in [1.165, 1.54) is 11.1 Å². The Hall–Kier alpha value is -0.880. The van der Waals surface area contributed by atoms with E-state index in [1.807, 2.05) is 17.0 Å². The van der Waals surface area contributed by atoms with Crippen LogP contribution in [0.25, 0.3) is 0 Å². The molecule has 2 N–H and O–H groups in total. The Morgan fingerprint density at radius 1 is 1.33 bits per heavy atom. The van der Waals surface area contributed by atoms with Crippen LogP contribution in [0.3, 0.4) is 0 Å². The van der Waals surface area contributed by atoms with Gasteiger partial charge < -0.3 is 20.1 Å². The highest BCUT2D eigenvalue weighted by Gasteiger charge is 2.75. The molecule has 5 aliphatic rings. The molecule has 1 aromatic carbocycles. The van der Waals surface area contributed by atoms with Gasteiger partial charge in [-0.2, -0.15) is 0 Å². The molecule has 2 saturated heterocycles. The Balaban J connectivity index is 1.41. The minimum Gasteiger partial charge on any atom is -0.508 e. The summed E-state index contributed by atoms with van der Waals surface area (Å²) in [5, 5.41) is 14.2. The van der Waals surface area contributed by atoms with Crippen LogP contribution in [0, 0.1) is 17.3 Å². The summed E-state index contributed by atoms with van der Waals surface area (Å²) >= 11 is 17.4. The van der Waals surface area contributed by atoms with Crippen LogP contribution in [0.4, 0.5) is 4.79 Å². The fourth-order valence-corrected chi connectivity index (χ4v) is 8.49. The van der Waals surface area contributed by atoms with Gasteiger partial charge in [0.25, 0.3) is 0 Å². The summed E-state index contributed by atoms with van der Waals surface area (Å²) in [5.41, 5.74) is 2.89. The number of alkyl halides is 3. The molecule has 30 heavy (non-hydrogen) atoms. The SMILES string of the molecule is O=C(OCC(Cl)(Cl)Cl)N1C[C@@H]2CC34CCC1C2C31CCNC4Cc2ccc(O)cc21. The van der Waals surface area contributed by atoms with E-state index in [1.54, 1.807) is 0 Å². The van der Waals surface area contributed by atoms with Crippen molar-refractivity contribution in [2.75, 3.05) is 19.7 Å². The summed E-state index contributed by atoms with van der Waals surface area (Å²) in [6, 6.07) is 6.53. The lowest BCUT2D eigenvalue weighted by Crippen LogP contribution is -2.69. The molecule has 5 unspecified atom stereocenters. The van der Waals surface area contributed by atoms with Crippen molar-refractivity contribution >= 4 is 40.9 Å². The van der Waals surface area contributed by atoms with E-state index in [4.69, 9.17) is 39.5 Å². The Kier molecular flexibility index (Phi) is 4.18. The second kappa shape index (κ2) is 6.34. The number of phenols is 1. The van der Waals surface area contributed by atoms with Crippen molar-refractivity contribution in [1.82, 2.24) is 10.2 Å². The molecule has 2 saturated carbocycles. The summed E-state index contributed by atoms with van der Waals surface area (Å²) in [7, 11) is 0. The number of ether oxygens (including phenoxy) is 1. The molecule has 2 aliphatic heterocycles. The molecule has 0 radical (unpaired) electrons. The Bertz CT molecular complexity index is 921. The molecule has 4 bridgehead atoms. The molecule has 2 heterocycles. The number of benzene rings is 1. The number of likely N-dealkylation sites (tertiary alicyclic amines) is 1. The van der Waals surface area contributed by atoms with Crippen LogP contribution in [0.1, 0.15) is 36.8 Å². The van der Waals surface area contributed by atoms with Crippen LogP contribution in [0.15, 0.2) is 18.2 Å². The average molecular weight is 472 g/mol. The first-order chi connectivity index (χ1) is 14.3. The number of nitrogens with zero attached hydrogens (tertiary/aromatic N) is 1. The van der Waals surface area contributed by atoms with Gasteiger partial charge in [-0.05, 0) is 79.2 Å². The average Bonchev–Trinajstić information content (AvgIpc) is 3.12. The largest absolute Gasteiger partial charge is 0.508 e. The molecule has 0 aromatic heterocycles. The Morgan fingerprint density at radius 3 is 2.97 bits per heavy atom. The van der Waals surface area contributed by atoms with Crippen LogP contribution in [0.2, 0.25) is 0 Å². The van der Waals surface area contributed by atoms with Gasteiger partial charge in [0.15, 0.2) is 0 Å². The molecule has 6 atom stereocenters. The predicted octanol–water partition coefficient (Wildman–Crippen LogP) is 4.16. The number of carbonyl (C=O) groups excluding carboxylic acids is 1. The number of aromatic hydroxyl groups is 1. The number of hydrogen-bond acceptors (Lipinski definition) is 4. The fourth-order valence-electron chi connectivity index (χ4n) is 8.33. The number of piperidine rings is 1. The normalized spacial score (nSPS) is 40.7. The van der Waals surface area contributed by atoms with Crippen molar-refractivity contribution in [3.63, 3.8) is 0 Å². The van der Waals surface area contributed by atoms with Crippen molar-refractivity contribution < 1.29 is 14.6 Å². The number of nitrogens with one attached hydrogen (secondary N) is 1. The van der Waals surface area contributed by atoms with Gasteiger partial charge in [-0.1, -0.05) is 40.9 Å². The number of carbonyl (C=O) groups is 1. The lowest BCUT2D eigenvalue weighted by Gasteiger charge is -2.64. The van der Waals surface area contributed by atoms with Crippen LogP contribution in [0.5, 0.6) is 5.75 Å². The number of halogens is 3. The smallest absolute Gasteiger partial charge is 0.410 e. The highest BCUT2D eigenvalue weighted by molar-refractivity contribution is 6.67. The molecular formula is C22H25Cl3N2O3. The van der Waals surface area contributed by atoms with Crippen molar-refractivity contribution in [1.29, 1.82) is 0 Å². The maximum Gasteiger partial charge on any atom is 0.410 e. The van der Waals surface area contributed by atoms with E-state index >= 15 is 0 Å². The quantitative estimate of drug-likeness (QED) is 0.604. The van der Waals surface area contributed by atoms with Crippen molar-refractivity contribution in [3.05, 3.63) is 29.3 Å². The summed E-state index contributed by atoms with van der Waals surface area (Å²) in [4.78, 5) is 14.8. The second-order valence-corrected chi connectivity index (χ2v) is 12.4. The molecule has 0 spiro atoms. The summed E-state index contributed by atoms with van der Waals surface area (Å²) in [5.74, 6) is 1.16. The molecule has 162 valence electrons. The van der Waals surface area contributed by atoms with E-state index in [2.05, 4.69) is 11.4 Å². The van der Waals surface area contributed by atoms with E-state index in [-0.39, 0.29) is 29.6 Å². The van der Waals surface area contributed by atoms with E-state index < -0.39 is 3.79 Å². The van der Waals surface area contributed by atoms with Gasteiger partial charge in [0, 0.05) is 24.0 Å². The molecule has 1 amide bonds. The van der Waals surface area contributed by atoms with Gasteiger partial charge in [0.2, 0.25) is 3.79 Å². The lowest BCUT2D eigenvalue weighted by atomic mass is 9.44. The standard InChI is InChI=1S/C22H25Cl3N2O3/c23-22(24,25)11-30-19(29)27-10-13-9-20-4-3-16(27)18(13)21(20)5-6-26-17(20)7-12-1-2-14(28)8-15(12)21/h1-2,8,13,16-18,26,28H,3-7,9-11H2/t13-,16?,17?,18?,20?,21?/m0/s1. The van der Waals surface area contributed by atoms with Crippen molar-refractivity contribution in [2.45, 2.75) is 53.4 Å².